The minimum absolute atomic E-state index is 0.260. The summed E-state index contributed by atoms with van der Waals surface area (Å²) in [6.45, 7) is 7.73. The summed E-state index contributed by atoms with van der Waals surface area (Å²) < 4.78 is 18.4. The molecule has 2 aromatic rings. The summed E-state index contributed by atoms with van der Waals surface area (Å²) in [6, 6.07) is 13.9. The molecule has 0 radical (unpaired) electrons. The molecule has 6 nitrogen and oxygen atoms in total. The van der Waals surface area contributed by atoms with E-state index in [-0.39, 0.29) is 6.61 Å². The maximum absolute atomic E-state index is 10.4. The predicted octanol–water partition coefficient (Wildman–Crippen LogP) is 4.28. The van der Waals surface area contributed by atoms with Crippen molar-refractivity contribution in [2.24, 2.45) is 5.92 Å². The highest BCUT2D eigenvalue weighted by molar-refractivity contribution is 14.1. The first kappa shape index (κ1) is 26.1. The molecule has 0 amide bonds. The third kappa shape index (κ3) is 8.63. The van der Waals surface area contributed by atoms with E-state index in [1.165, 1.54) is 12.8 Å². The van der Waals surface area contributed by atoms with Crippen molar-refractivity contribution in [2.75, 3.05) is 53.6 Å². The average Bonchev–Trinajstić information content (AvgIpc) is 2.80. The molecule has 1 aliphatic rings. The molecule has 7 heteroatoms. The minimum atomic E-state index is -0.576. The van der Waals surface area contributed by atoms with E-state index in [0.29, 0.717) is 19.7 Å². The molecule has 1 fully saturated rings. The largest absolute Gasteiger partial charge is 0.493 e. The number of hydrogen-bond donors (Lipinski definition) is 1. The van der Waals surface area contributed by atoms with Crippen LogP contribution in [-0.2, 0) is 6.54 Å². The van der Waals surface area contributed by atoms with Crippen LogP contribution in [0.25, 0.3) is 0 Å². The number of halogens is 1. The van der Waals surface area contributed by atoms with E-state index in [1.54, 1.807) is 7.11 Å². The van der Waals surface area contributed by atoms with Crippen LogP contribution in [0.15, 0.2) is 42.5 Å². The summed E-state index contributed by atoms with van der Waals surface area (Å²) in [5, 5.41) is 10.4. The maximum atomic E-state index is 10.4. The smallest absolute Gasteiger partial charge is 0.161 e. The lowest BCUT2D eigenvalue weighted by molar-refractivity contribution is 0.0740. The average molecular weight is 568 g/mol. The number of piperidine rings is 1. The SMILES string of the molecule is COc1cc(CN(C)CC(O)COc2ccccc2I)ccc1OCCN1CCC(C)CC1. The fraction of sp³-hybridized carbons (Fsp3) is 0.538. The summed E-state index contributed by atoms with van der Waals surface area (Å²) in [7, 11) is 3.67. The summed E-state index contributed by atoms with van der Waals surface area (Å²) in [5.41, 5.74) is 1.11. The zero-order valence-electron chi connectivity index (χ0n) is 20.0. The third-order valence-electron chi connectivity index (χ3n) is 6.01. The van der Waals surface area contributed by atoms with Crippen molar-refractivity contribution in [2.45, 2.75) is 32.4 Å². The molecule has 2 aromatic carbocycles. The topological polar surface area (TPSA) is 54.4 Å². The second-order valence-electron chi connectivity index (χ2n) is 8.95. The Hall–Kier alpha value is -1.55. The Bertz CT molecular complexity index is 858. The molecule has 0 aromatic heterocycles. The highest BCUT2D eigenvalue weighted by atomic mass is 127. The Kier molecular flexibility index (Phi) is 10.6. The zero-order valence-corrected chi connectivity index (χ0v) is 22.2. The monoisotopic (exact) mass is 568 g/mol. The number of hydrogen-bond acceptors (Lipinski definition) is 6. The van der Waals surface area contributed by atoms with E-state index in [4.69, 9.17) is 14.2 Å². The second-order valence-corrected chi connectivity index (χ2v) is 10.1. The van der Waals surface area contributed by atoms with E-state index >= 15 is 0 Å². The molecule has 1 heterocycles. The molecule has 33 heavy (non-hydrogen) atoms. The molecular weight excluding hydrogens is 531 g/mol. The van der Waals surface area contributed by atoms with E-state index in [2.05, 4.69) is 45.4 Å². The van der Waals surface area contributed by atoms with Gasteiger partial charge >= 0.3 is 0 Å². The Morgan fingerprint density at radius 3 is 2.58 bits per heavy atom. The van der Waals surface area contributed by atoms with Crippen molar-refractivity contribution < 1.29 is 19.3 Å². The standard InChI is InChI=1S/C26H37IN2O4/c1-20-10-12-29(13-11-20)14-15-32-25-9-8-21(16-26(25)31-3)17-28(2)18-22(30)19-33-24-7-5-4-6-23(24)27/h4-9,16,20,22,30H,10-15,17-19H2,1-3H3. The molecule has 182 valence electrons. The van der Waals surface area contributed by atoms with Crippen LogP contribution >= 0.6 is 22.6 Å². The van der Waals surface area contributed by atoms with Gasteiger partial charge in [0.15, 0.2) is 11.5 Å². The number of ether oxygens (including phenoxy) is 3. The van der Waals surface area contributed by atoms with Crippen LogP contribution in [0.1, 0.15) is 25.3 Å². The van der Waals surface area contributed by atoms with Gasteiger partial charge in [0.25, 0.3) is 0 Å². The molecular formula is C26H37IN2O4. The molecule has 1 atom stereocenters. The lowest BCUT2D eigenvalue weighted by Gasteiger charge is -2.30. The van der Waals surface area contributed by atoms with Crippen molar-refractivity contribution in [1.29, 1.82) is 0 Å². The van der Waals surface area contributed by atoms with Crippen LogP contribution in [0.5, 0.6) is 17.2 Å². The Morgan fingerprint density at radius 2 is 1.85 bits per heavy atom. The first-order chi connectivity index (χ1) is 15.9. The number of benzene rings is 2. The van der Waals surface area contributed by atoms with Gasteiger partial charge < -0.3 is 19.3 Å². The third-order valence-corrected chi connectivity index (χ3v) is 6.90. The van der Waals surface area contributed by atoms with Gasteiger partial charge in [-0.15, -0.1) is 0 Å². The van der Waals surface area contributed by atoms with Gasteiger partial charge in [0.05, 0.1) is 10.7 Å². The Morgan fingerprint density at radius 1 is 1.09 bits per heavy atom. The number of methoxy groups -OCH3 is 1. The second kappa shape index (κ2) is 13.4. The summed E-state index contributed by atoms with van der Waals surface area (Å²) >= 11 is 2.24. The molecule has 1 saturated heterocycles. The molecule has 1 unspecified atom stereocenters. The van der Waals surface area contributed by atoms with Crippen LogP contribution in [0.4, 0.5) is 0 Å². The van der Waals surface area contributed by atoms with Gasteiger partial charge in [0, 0.05) is 19.6 Å². The van der Waals surface area contributed by atoms with Gasteiger partial charge in [-0.05, 0) is 91.3 Å². The predicted molar refractivity (Wildman–Crippen MR) is 140 cm³/mol. The number of para-hydroxylation sites is 1. The maximum Gasteiger partial charge on any atom is 0.161 e. The van der Waals surface area contributed by atoms with Crippen LogP contribution in [0.3, 0.4) is 0 Å². The molecule has 3 rings (SSSR count). The van der Waals surface area contributed by atoms with Gasteiger partial charge in [-0.25, -0.2) is 0 Å². The van der Waals surface area contributed by atoms with E-state index in [1.807, 2.05) is 43.4 Å². The molecule has 0 aliphatic carbocycles. The van der Waals surface area contributed by atoms with Gasteiger partial charge in [-0.2, -0.15) is 0 Å². The lowest BCUT2D eigenvalue weighted by Crippen LogP contribution is -2.35. The van der Waals surface area contributed by atoms with E-state index in [0.717, 1.165) is 51.9 Å². The normalized spacial score (nSPS) is 16.1. The summed E-state index contributed by atoms with van der Waals surface area (Å²) in [4.78, 5) is 4.56. The van der Waals surface area contributed by atoms with Crippen molar-refractivity contribution in [3.63, 3.8) is 0 Å². The lowest BCUT2D eigenvalue weighted by atomic mass is 9.99. The summed E-state index contributed by atoms with van der Waals surface area (Å²) in [5.74, 6) is 3.17. The first-order valence-corrected chi connectivity index (χ1v) is 12.8. The van der Waals surface area contributed by atoms with Crippen molar-refractivity contribution in [1.82, 2.24) is 9.80 Å². The molecule has 0 spiro atoms. The number of rotatable bonds is 12. The first-order valence-electron chi connectivity index (χ1n) is 11.7. The number of aliphatic hydroxyl groups excluding tert-OH is 1. The fourth-order valence-corrected chi connectivity index (χ4v) is 4.58. The number of nitrogens with zero attached hydrogens (tertiary/aromatic N) is 2. The van der Waals surface area contributed by atoms with Crippen molar-refractivity contribution >= 4 is 22.6 Å². The molecule has 0 saturated carbocycles. The van der Waals surface area contributed by atoms with Crippen LogP contribution in [-0.4, -0.2) is 74.6 Å². The highest BCUT2D eigenvalue weighted by Gasteiger charge is 2.16. The van der Waals surface area contributed by atoms with Crippen LogP contribution < -0.4 is 14.2 Å². The fourth-order valence-electron chi connectivity index (χ4n) is 4.04. The van der Waals surface area contributed by atoms with Gasteiger partial charge in [0.2, 0.25) is 0 Å². The van der Waals surface area contributed by atoms with Gasteiger partial charge in [0.1, 0.15) is 25.1 Å². The van der Waals surface area contributed by atoms with Crippen LogP contribution in [0, 0.1) is 9.49 Å². The Balaban J connectivity index is 1.43. The minimum Gasteiger partial charge on any atom is -0.493 e. The molecule has 0 bridgehead atoms. The highest BCUT2D eigenvalue weighted by Crippen LogP contribution is 2.29. The van der Waals surface area contributed by atoms with Crippen molar-refractivity contribution in [3.8, 4) is 17.2 Å². The number of likely N-dealkylation sites (tertiary alicyclic amines) is 1. The van der Waals surface area contributed by atoms with E-state index in [9.17, 15) is 5.11 Å². The van der Waals surface area contributed by atoms with E-state index < -0.39 is 6.10 Å². The number of likely N-dealkylation sites (N-methyl/N-ethyl adjacent to an activating group) is 1. The summed E-state index contributed by atoms with van der Waals surface area (Å²) in [6.07, 6.45) is 1.98. The quantitative estimate of drug-likeness (QED) is 0.386. The molecule has 1 aliphatic heterocycles. The number of aliphatic hydroxyl groups is 1. The van der Waals surface area contributed by atoms with Crippen LogP contribution in [0.2, 0.25) is 0 Å². The zero-order chi connectivity index (χ0) is 23.6. The van der Waals surface area contributed by atoms with Gasteiger partial charge in [-0.3, -0.25) is 9.80 Å². The van der Waals surface area contributed by atoms with Crippen molar-refractivity contribution in [3.05, 3.63) is 51.6 Å². The molecule has 1 N–H and O–H groups in total. The van der Waals surface area contributed by atoms with Gasteiger partial charge in [-0.1, -0.05) is 25.1 Å². The Labute approximate surface area is 212 Å².